The minimum Gasteiger partial charge on any atom is -0.484 e. The van der Waals surface area contributed by atoms with Crippen LogP contribution in [-0.4, -0.2) is 22.3 Å². The molecule has 25 heavy (non-hydrogen) atoms. The summed E-state index contributed by atoms with van der Waals surface area (Å²) in [6, 6.07) is 17.9. The first-order chi connectivity index (χ1) is 12.0. The van der Waals surface area contributed by atoms with Crippen molar-refractivity contribution < 1.29 is 9.53 Å². The first-order valence-corrected chi connectivity index (χ1v) is 8.36. The van der Waals surface area contributed by atoms with Crippen LogP contribution in [0.25, 0.3) is 0 Å². The zero-order valence-corrected chi connectivity index (χ0v) is 14.8. The summed E-state index contributed by atoms with van der Waals surface area (Å²) < 4.78 is 7.08. The van der Waals surface area contributed by atoms with Crippen LogP contribution in [0.3, 0.4) is 0 Å². The molecule has 0 radical (unpaired) electrons. The molecule has 0 atom stereocenters. The minimum atomic E-state index is -0.165. The number of aryl methyl sites for hydroxylation is 2. The molecule has 3 rings (SSSR count). The highest BCUT2D eigenvalue weighted by Gasteiger charge is 2.17. The zero-order valence-electron chi connectivity index (χ0n) is 14.8. The second kappa shape index (κ2) is 7.34. The predicted molar refractivity (Wildman–Crippen MR) is 98.2 cm³/mol. The molecular formula is C21H22N2O2. The van der Waals surface area contributed by atoms with Crippen molar-refractivity contribution in [2.75, 3.05) is 6.61 Å². The van der Waals surface area contributed by atoms with Crippen molar-refractivity contribution in [2.24, 2.45) is 0 Å². The van der Waals surface area contributed by atoms with Gasteiger partial charge < -0.3 is 4.74 Å². The van der Waals surface area contributed by atoms with Crippen molar-refractivity contribution in [1.29, 1.82) is 0 Å². The van der Waals surface area contributed by atoms with E-state index in [1.165, 1.54) is 10.2 Å². The fraction of sp³-hybridized carbons (Fsp3) is 0.238. The molecule has 2 aromatic carbocycles. The molecule has 0 N–H and O–H groups in total. The summed E-state index contributed by atoms with van der Waals surface area (Å²) >= 11 is 0. The van der Waals surface area contributed by atoms with Crippen LogP contribution in [0.15, 0.2) is 54.6 Å². The van der Waals surface area contributed by atoms with E-state index in [2.05, 4.69) is 17.2 Å². The molecular weight excluding hydrogens is 312 g/mol. The van der Waals surface area contributed by atoms with Gasteiger partial charge >= 0.3 is 0 Å². The van der Waals surface area contributed by atoms with Crippen molar-refractivity contribution in [3.05, 3.63) is 82.7 Å². The standard InChI is InChI=1S/C21H22N2O2/c1-15-8-7-11-19(12-15)25-14-21(24)23-17(3)20(16(2)22-23)13-18-9-5-4-6-10-18/h4-12H,13-14H2,1-3H3. The molecule has 0 aliphatic heterocycles. The molecule has 0 unspecified atom stereocenters. The number of aromatic nitrogens is 2. The van der Waals surface area contributed by atoms with Crippen LogP contribution in [0, 0.1) is 20.8 Å². The van der Waals surface area contributed by atoms with E-state index >= 15 is 0 Å². The number of benzene rings is 2. The van der Waals surface area contributed by atoms with Crippen molar-refractivity contribution in [3.63, 3.8) is 0 Å². The number of hydrogen-bond acceptors (Lipinski definition) is 3. The Bertz CT molecular complexity index is 882. The molecule has 0 fully saturated rings. The maximum Gasteiger partial charge on any atom is 0.284 e. The van der Waals surface area contributed by atoms with Gasteiger partial charge in [-0.15, -0.1) is 0 Å². The average molecular weight is 334 g/mol. The smallest absolute Gasteiger partial charge is 0.284 e. The Morgan fingerprint density at radius 2 is 1.80 bits per heavy atom. The van der Waals surface area contributed by atoms with Crippen LogP contribution < -0.4 is 4.74 Å². The Kier molecular flexibility index (Phi) is 4.98. The van der Waals surface area contributed by atoms with Crippen molar-refractivity contribution in [2.45, 2.75) is 27.2 Å². The van der Waals surface area contributed by atoms with Gasteiger partial charge in [0.1, 0.15) is 5.75 Å². The fourth-order valence-electron chi connectivity index (χ4n) is 2.88. The van der Waals surface area contributed by atoms with Crippen molar-refractivity contribution >= 4 is 5.91 Å². The maximum atomic E-state index is 12.5. The monoisotopic (exact) mass is 334 g/mol. The SMILES string of the molecule is Cc1cccc(OCC(=O)n2nc(C)c(Cc3ccccc3)c2C)c1. The largest absolute Gasteiger partial charge is 0.484 e. The van der Waals surface area contributed by atoms with Crippen molar-refractivity contribution in [1.82, 2.24) is 9.78 Å². The summed E-state index contributed by atoms with van der Waals surface area (Å²) in [4.78, 5) is 12.5. The molecule has 4 nitrogen and oxygen atoms in total. The van der Waals surface area contributed by atoms with Gasteiger partial charge in [-0.2, -0.15) is 5.10 Å². The van der Waals surface area contributed by atoms with Gasteiger partial charge in [0, 0.05) is 17.7 Å². The van der Waals surface area contributed by atoms with E-state index in [1.807, 2.05) is 63.2 Å². The number of carbonyl (C=O) groups excluding carboxylic acids is 1. The first kappa shape index (κ1) is 17.0. The minimum absolute atomic E-state index is 0.0316. The van der Waals surface area contributed by atoms with E-state index in [4.69, 9.17) is 4.74 Å². The van der Waals surface area contributed by atoms with E-state index in [1.54, 1.807) is 0 Å². The number of ether oxygens (including phenoxy) is 1. The topological polar surface area (TPSA) is 44.1 Å². The Hall–Kier alpha value is -2.88. The quantitative estimate of drug-likeness (QED) is 0.705. The van der Waals surface area contributed by atoms with Gasteiger partial charge in [0.15, 0.2) is 6.61 Å². The summed E-state index contributed by atoms with van der Waals surface area (Å²) in [7, 11) is 0. The molecule has 1 heterocycles. The van der Waals surface area contributed by atoms with E-state index in [9.17, 15) is 4.79 Å². The molecule has 0 aliphatic carbocycles. The van der Waals surface area contributed by atoms with Gasteiger partial charge in [-0.05, 0) is 44.0 Å². The van der Waals surface area contributed by atoms with Gasteiger partial charge in [-0.3, -0.25) is 4.79 Å². The highest BCUT2D eigenvalue weighted by Crippen LogP contribution is 2.18. The van der Waals surface area contributed by atoms with Gasteiger partial charge in [-0.1, -0.05) is 42.5 Å². The van der Waals surface area contributed by atoms with Crippen LogP contribution in [0.4, 0.5) is 0 Å². The third kappa shape index (κ3) is 3.97. The van der Waals surface area contributed by atoms with E-state index in [0.29, 0.717) is 5.75 Å². The summed E-state index contributed by atoms with van der Waals surface area (Å²) in [6.07, 6.45) is 0.768. The van der Waals surface area contributed by atoms with Crippen LogP contribution in [0.5, 0.6) is 5.75 Å². The third-order valence-electron chi connectivity index (χ3n) is 4.25. The molecule has 0 saturated carbocycles. The molecule has 128 valence electrons. The Balaban J connectivity index is 1.74. The summed E-state index contributed by atoms with van der Waals surface area (Å²) in [5.41, 5.74) is 5.15. The van der Waals surface area contributed by atoms with Crippen LogP contribution in [0.1, 0.15) is 32.9 Å². The molecule has 0 amide bonds. The van der Waals surface area contributed by atoms with Gasteiger partial charge in [0.2, 0.25) is 0 Å². The Labute approximate surface area is 148 Å². The molecule has 0 bridgehead atoms. The lowest BCUT2D eigenvalue weighted by Crippen LogP contribution is -2.21. The second-order valence-electron chi connectivity index (χ2n) is 6.22. The summed E-state index contributed by atoms with van der Waals surface area (Å²) in [5, 5.41) is 4.42. The molecule has 0 spiro atoms. The number of hydrogen-bond donors (Lipinski definition) is 0. The number of nitrogens with zero attached hydrogens (tertiary/aromatic N) is 2. The van der Waals surface area contributed by atoms with Gasteiger partial charge in [-0.25, -0.2) is 4.68 Å². The molecule has 4 heteroatoms. The summed E-state index contributed by atoms with van der Waals surface area (Å²) in [5.74, 6) is 0.529. The lowest BCUT2D eigenvalue weighted by atomic mass is 10.0. The van der Waals surface area contributed by atoms with Crippen LogP contribution in [0.2, 0.25) is 0 Å². The highest BCUT2D eigenvalue weighted by atomic mass is 16.5. The van der Waals surface area contributed by atoms with E-state index in [-0.39, 0.29) is 12.5 Å². The second-order valence-corrected chi connectivity index (χ2v) is 6.22. The van der Waals surface area contributed by atoms with Gasteiger partial charge in [0.25, 0.3) is 5.91 Å². The number of rotatable bonds is 5. The molecule has 1 aromatic heterocycles. The van der Waals surface area contributed by atoms with Gasteiger partial charge in [0.05, 0.1) is 5.69 Å². The zero-order chi connectivity index (χ0) is 17.8. The lowest BCUT2D eigenvalue weighted by molar-refractivity contribution is 0.0818. The van der Waals surface area contributed by atoms with Crippen LogP contribution in [-0.2, 0) is 6.42 Å². The Morgan fingerprint density at radius 1 is 1.04 bits per heavy atom. The van der Waals surface area contributed by atoms with E-state index < -0.39 is 0 Å². The third-order valence-corrected chi connectivity index (χ3v) is 4.25. The van der Waals surface area contributed by atoms with E-state index in [0.717, 1.165) is 28.9 Å². The average Bonchev–Trinajstić information content (AvgIpc) is 2.89. The molecule has 0 saturated heterocycles. The molecule has 0 aliphatic rings. The Morgan fingerprint density at radius 3 is 2.52 bits per heavy atom. The predicted octanol–water partition coefficient (Wildman–Crippen LogP) is 4.12. The first-order valence-electron chi connectivity index (χ1n) is 8.36. The molecule has 3 aromatic rings. The number of carbonyl (C=O) groups is 1. The lowest BCUT2D eigenvalue weighted by Gasteiger charge is -2.08. The van der Waals surface area contributed by atoms with Crippen LogP contribution >= 0.6 is 0 Å². The van der Waals surface area contributed by atoms with Crippen molar-refractivity contribution in [3.8, 4) is 5.75 Å². The highest BCUT2D eigenvalue weighted by molar-refractivity contribution is 5.80. The fourth-order valence-corrected chi connectivity index (χ4v) is 2.88. The normalized spacial score (nSPS) is 10.7. The maximum absolute atomic E-state index is 12.5. The summed E-state index contributed by atoms with van der Waals surface area (Å²) in [6.45, 7) is 5.83.